The number of hydrogen-bond donors (Lipinski definition) is 4. The molecule has 2 aromatic carbocycles. The summed E-state index contributed by atoms with van der Waals surface area (Å²) >= 11 is 0. The van der Waals surface area contributed by atoms with Crippen molar-refractivity contribution in [2.45, 2.75) is 133 Å². The van der Waals surface area contributed by atoms with Crippen LogP contribution in [0.4, 0.5) is 22.0 Å². The van der Waals surface area contributed by atoms with Gasteiger partial charge >= 0.3 is 5.97 Å². The third kappa shape index (κ3) is 23.2. The van der Waals surface area contributed by atoms with Gasteiger partial charge in [-0.05, 0) is 88.5 Å². The Kier molecular flexibility index (Phi) is 29.5. The maximum Gasteiger partial charge on any atom is 0.313 e. The van der Waals surface area contributed by atoms with Crippen molar-refractivity contribution in [2.75, 3.05) is 132 Å². The fourth-order valence-electron chi connectivity index (χ4n) is 12.6. The van der Waals surface area contributed by atoms with Gasteiger partial charge in [0.25, 0.3) is 0 Å². The standard InChI is InChI=1S/C63H92F5N9O12/c1-45(69)77(53-39-51-7-8-52(40-53)76(51)19-11-56(46-5-3-2-4-6-46)73-61(80)47-9-14-63(67,68)15-10-47)60(70)48-41-62(42-48)16-20-75(21-17-62)57(78)12-22-81-25-28-84-33-34-87-35-36-88-44-50(74-71)43-72-18-24-83-27-30-86-32-31-85-29-26-82-23-13-58(79)89-59-54(65)37-49(64)38-55(59)66/h2-6,37-38,43,47-48,51-53,56,69-70H,7-36,39-42,44,71H2,1H3,(H,73,80)/b69-45?,70-60?,72-43?,74-50+/t51?,52?,53?,56-/m0/s1. The number of benzene rings is 2. The Morgan fingerprint density at radius 1 is 0.719 bits per heavy atom. The summed E-state index contributed by atoms with van der Waals surface area (Å²) in [4.78, 5) is 49.1. The first-order chi connectivity index (χ1) is 43.0. The van der Waals surface area contributed by atoms with Crippen LogP contribution in [0, 0.1) is 45.5 Å². The first kappa shape index (κ1) is 70.9. The van der Waals surface area contributed by atoms with Crippen molar-refractivity contribution >= 4 is 41.4 Å². The molecule has 0 aromatic heterocycles. The summed E-state index contributed by atoms with van der Waals surface area (Å²) in [5, 5.41) is 25.2. The minimum atomic E-state index is -2.69. The molecule has 21 nitrogen and oxygen atoms in total. The van der Waals surface area contributed by atoms with Gasteiger partial charge in [0, 0.05) is 80.8 Å². The Hall–Kier alpha value is -5.58. The van der Waals surface area contributed by atoms with Crippen LogP contribution in [0.2, 0.25) is 0 Å². The quantitative estimate of drug-likeness (QED) is 0.00732. The molecule has 7 rings (SSSR count). The molecule has 3 saturated heterocycles. The van der Waals surface area contributed by atoms with Crippen molar-refractivity contribution in [3.63, 3.8) is 0 Å². The van der Waals surface area contributed by atoms with Gasteiger partial charge in [-0.1, -0.05) is 30.3 Å². The molecule has 89 heavy (non-hydrogen) atoms. The largest absolute Gasteiger partial charge is 0.420 e. The Bertz CT molecular complexity index is 2550. The third-order valence-electron chi connectivity index (χ3n) is 17.4. The summed E-state index contributed by atoms with van der Waals surface area (Å²) in [5.74, 6) is -2.23. The fourth-order valence-corrected chi connectivity index (χ4v) is 12.6. The fraction of sp³-hybridized carbons (Fsp3) is 0.698. The van der Waals surface area contributed by atoms with E-state index in [0.717, 1.165) is 63.5 Å². The van der Waals surface area contributed by atoms with E-state index in [1.165, 1.54) is 6.21 Å². The van der Waals surface area contributed by atoms with E-state index in [1.54, 1.807) is 6.92 Å². The van der Waals surface area contributed by atoms with Gasteiger partial charge in [-0.2, -0.15) is 5.10 Å². The van der Waals surface area contributed by atoms with Crippen LogP contribution in [0.15, 0.2) is 52.6 Å². The molecule has 0 radical (unpaired) electrons. The van der Waals surface area contributed by atoms with Crippen LogP contribution in [0.25, 0.3) is 0 Å². The maximum atomic E-state index is 13.9. The number of aliphatic imine (C=N–C) groups is 1. The van der Waals surface area contributed by atoms with Crippen LogP contribution >= 0.6 is 0 Å². The lowest BCUT2D eigenvalue weighted by Crippen LogP contribution is -2.57. The number of esters is 1. The molecule has 5 fully saturated rings. The number of carbonyl (C=O) groups is 3. The minimum absolute atomic E-state index is 0.0601. The number of amidine groups is 2. The van der Waals surface area contributed by atoms with Gasteiger partial charge in [0.15, 0.2) is 11.6 Å². The predicted molar refractivity (Wildman–Crippen MR) is 322 cm³/mol. The monoisotopic (exact) mass is 1260 g/mol. The van der Waals surface area contributed by atoms with Gasteiger partial charge in [-0.3, -0.25) is 35.1 Å². The second kappa shape index (κ2) is 37.1. The summed E-state index contributed by atoms with van der Waals surface area (Å²) in [7, 11) is 0. The van der Waals surface area contributed by atoms with E-state index in [1.807, 2.05) is 40.1 Å². The highest BCUT2D eigenvalue weighted by atomic mass is 19.3. The van der Waals surface area contributed by atoms with E-state index in [-0.39, 0.29) is 93.8 Å². The highest BCUT2D eigenvalue weighted by molar-refractivity contribution is 6.31. The number of piperidine rings is 2. The first-order valence-electron chi connectivity index (χ1n) is 31.5. The van der Waals surface area contributed by atoms with E-state index in [4.69, 9.17) is 49.1 Å². The molecule has 496 valence electrons. The van der Waals surface area contributed by atoms with Crippen molar-refractivity contribution in [3.05, 3.63) is 65.5 Å². The minimum Gasteiger partial charge on any atom is -0.420 e. The van der Waals surface area contributed by atoms with E-state index in [0.29, 0.717) is 153 Å². The zero-order valence-corrected chi connectivity index (χ0v) is 51.4. The Morgan fingerprint density at radius 3 is 1.80 bits per heavy atom. The number of hydrogen-bond acceptors (Lipinski definition) is 18. The number of nitrogens with zero attached hydrogens (tertiary/aromatic N) is 5. The lowest BCUT2D eigenvalue weighted by molar-refractivity contribution is -0.137. The smallest absolute Gasteiger partial charge is 0.313 e. The molecule has 3 aliphatic heterocycles. The summed E-state index contributed by atoms with van der Waals surface area (Å²) in [5.41, 5.74) is 1.59. The molecule has 2 bridgehead atoms. The third-order valence-corrected chi connectivity index (χ3v) is 17.4. The number of likely N-dealkylation sites (tertiary alicyclic amines) is 1. The van der Waals surface area contributed by atoms with E-state index in [2.05, 4.69) is 25.0 Å². The Labute approximate surface area is 519 Å². The number of rotatable bonds is 39. The number of carbonyl (C=O) groups excluding carboxylic acids is 3. The molecule has 5 N–H and O–H groups in total. The van der Waals surface area contributed by atoms with Crippen molar-refractivity contribution < 1.29 is 79.0 Å². The normalized spacial score (nSPS) is 20.6. The average Bonchev–Trinajstić information content (AvgIpc) is 1.53. The molecule has 26 heteroatoms. The number of hydrazone groups is 1. The van der Waals surface area contributed by atoms with Gasteiger partial charge in [-0.25, -0.2) is 22.0 Å². The molecular weight excluding hydrogens is 1170 g/mol. The van der Waals surface area contributed by atoms with E-state index in [9.17, 15) is 41.7 Å². The number of ether oxygens (including phenoxy) is 9. The number of alkyl halides is 2. The zero-order valence-electron chi connectivity index (χ0n) is 51.4. The van der Waals surface area contributed by atoms with Crippen LogP contribution in [0.1, 0.15) is 115 Å². The number of nitrogens with two attached hydrogens (primary N) is 1. The van der Waals surface area contributed by atoms with Gasteiger partial charge in [0.2, 0.25) is 23.5 Å². The topological polar surface area (TPSA) is 254 Å². The first-order valence-corrected chi connectivity index (χ1v) is 31.5. The molecular formula is C63H92F5N9O12. The molecule has 1 spiro atoms. The number of nitrogens with one attached hydrogen (secondary N) is 3. The SMILES string of the molecule is CC(=N)N(C(=N)C1CC2(CCN(C(=O)CCOCCOCCOCCOC/C(C=NCCOCCOCCOCCOCCC(=O)Oc3c(F)cc(F)cc3F)=N/N)CC2)C1)C1CC2CCC(C1)N2CC[C@H](NC(=O)C1CCC(F)(F)CC1)c1ccccc1. The second-order valence-corrected chi connectivity index (χ2v) is 23.6. The Morgan fingerprint density at radius 2 is 1.25 bits per heavy atom. The average molecular weight is 1260 g/mol. The number of fused-ring (bicyclic) bond motifs is 2. The molecule has 2 saturated carbocycles. The molecule has 2 aliphatic carbocycles. The van der Waals surface area contributed by atoms with Crippen LogP contribution in [0.3, 0.4) is 0 Å². The maximum absolute atomic E-state index is 13.9. The van der Waals surface area contributed by atoms with Crippen molar-refractivity contribution in [2.24, 2.45) is 33.2 Å². The highest BCUT2D eigenvalue weighted by Crippen LogP contribution is 2.54. The van der Waals surface area contributed by atoms with Crippen LogP contribution in [-0.4, -0.2) is 212 Å². The summed E-state index contributed by atoms with van der Waals surface area (Å²) in [6.45, 7) is 9.05. The Balaban J connectivity index is 0.635. The van der Waals surface area contributed by atoms with Crippen LogP contribution in [-0.2, 0) is 52.3 Å². The van der Waals surface area contributed by atoms with Gasteiger partial charge in [0.1, 0.15) is 17.4 Å². The summed E-state index contributed by atoms with van der Waals surface area (Å²) in [6, 6.07) is 11.3. The highest BCUT2D eigenvalue weighted by Gasteiger charge is 2.51. The van der Waals surface area contributed by atoms with Gasteiger partial charge in [-0.15, -0.1) is 0 Å². The molecule has 2 unspecified atom stereocenters. The lowest BCUT2D eigenvalue weighted by Gasteiger charge is -2.54. The molecule has 5 aliphatic rings. The van der Waals surface area contributed by atoms with Crippen LogP contribution in [0.5, 0.6) is 5.75 Å². The van der Waals surface area contributed by atoms with E-state index >= 15 is 0 Å². The lowest BCUT2D eigenvalue weighted by atomic mass is 9.57. The van der Waals surface area contributed by atoms with Gasteiger partial charge in [0.05, 0.1) is 137 Å². The molecule has 2 amide bonds. The summed E-state index contributed by atoms with van der Waals surface area (Å²) < 4.78 is 117. The number of halogens is 5. The number of amides is 2. The van der Waals surface area contributed by atoms with Crippen molar-refractivity contribution in [1.82, 2.24) is 20.0 Å². The van der Waals surface area contributed by atoms with E-state index < -0.39 is 41.0 Å². The molecule has 3 heterocycles. The molecule has 3 atom stereocenters. The van der Waals surface area contributed by atoms with Crippen molar-refractivity contribution in [3.8, 4) is 5.75 Å². The summed E-state index contributed by atoms with van der Waals surface area (Å²) in [6.07, 6.45) is 9.71. The van der Waals surface area contributed by atoms with Gasteiger partial charge < -0.3 is 63.6 Å². The van der Waals surface area contributed by atoms with Crippen molar-refractivity contribution in [1.29, 1.82) is 10.8 Å². The van der Waals surface area contributed by atoms with Crippen LogP contribution < -0.4 is 15.9 Å². The molecule has 2 aromatic rings. The zero-order chi connectivity index (χ0) is 63.4. The second-order valence-electron chi connectivity index (χ2n) is 23.6. The predicted octanol–water partition coefficient (Wildman–Crippen LogP) is 7.67.